The molecule has 0 bridgehead atoms. The minimum absolute atomic E-state index is 0.0780. The molecule has 92 valence electrons. The lowest BCUT2D eigenvalue weighted by Crippen LogP contribution is -2.29. The summed E-state index contributed by atoms with van der Waals surface area (Å²) < 4.78 is 0.971. The van der Waals surface area contributed by atoms with E-state index in [4.69, 9.17) is 17.3 Å². The van der Waals surface area contributed by atoms with E-state index >= 15 is 0 Å². The molecular weight excluding hydrogens is 300 g/mol. The molecule has 1 aromatic rings. The molecule has 0 spiro atoms. The Labute approximate surface area is 116 Å². The van der Waals surface area contributed by atoms with E-state index in [1.165, 1.54) is 0 Å². The average Bonchev–Trinajstić information content (AvgIpc) is 2.31. The van der Waals surface area contributed by atoms with Gasteiger partial charge >= 0.3 is 0 Å². The number of halogens is 2. The maximum Gasteiger partial charge on any atom is 0.0465 e. The highest BCUT2D eigenvalue weighted by atomic mass is 79.9. The number of hydrogen-bond donors (Lipinski definition) is 2. The molecule has 0 saturated carbocycles. The third-order valence-corrected chi connectivity index (χ3v) is 3.21. The zero-order valence-electron chi connectivity index (χ0n) is 9.76. The van der Waals surface area contributed by atoms with Gasteiger partial charge in [0.05, 0.1) is 0 Å². The first-order chi connectivity index (χ1) is 8.19. The van der Waals surface area contributed by atoms with E-state index in [9.17, 15) is 0 Å². The second kappa shape index (κ2) is 7.73. The van der Waals surface area contributed by atoms with E-state index in [0.29, 0.717) is 6.54 Å². The van der Waals surface area contributed by atoms with Gasteiger partial charge in [0, 0.05) is 35.0 Å². The highest BCUT2D eigenvalue weighted by Crippen LogP contribution is 2.26. The fourth-order valence-corrected chi connectivity index (χ4v) is 2.34. The predicted molar refractivity (Wildman–Crippen MR) is 77.0 cm³/mol. The number of hydrogen-bond acceptors (Lipinski definition) is 2. The smallest absolute Gasteiger partial charge is 0.0465 e. The highest BCUT2D eigenvalue weighted by Gasteiger charge is 2.12. The molecule has 0 fully saturated rings. The lowest BCUT2D eigenvalue weighted by Gasteiger charge is -2.18. The van der Waals surface area contributed by atoms with Crippen LogP contribution in [0.1, 0.15) is 24.9 Å². The van der Waals surface area contributed by atoms with Gasteiger partial charge in [-0.05, 0) is 24.6 Å². The first-order valence-electron chi connectivity index (χ1n) is 5.47. The zero-order valence-corrected chi connectivity index (χ0v) is 12.1. The van der Waals surface area contributed by atoms with Gasteiger partial charge < -0.3 is 11.1 Å². The summed E-state index contributed by atoms with van der Waals surface area (Å²) in [4.78, 5) is 0. The summed E-state index contributed by atoms with van der Waals surface area (Å²) >= 11 is 9.58. The molecule has 0 aliphatic heterocycles. The molecule has 1 unspecified atom stereocenters. The second-order valence-electron chi connectivity index (χ2n) is 3.59. The van der Waals surface area contributed by atoms with Crippen LogP contribution in [0.25, 0.3) is 0 Å². The summed E-state index contributed by atoms with van der Waals surface area (Å²) in [5, 5.41) is 4.08. The number of benzene rings is 1. The Morgan fingerprint density at radius 2 is 2.29 bits per heavy atom. The highest BCUT2D eigenvalue weighted by molar-refractivity contribution is 9.10. The molecule has 1 rings (SSSR count). The van der Waals surface area contributed by atoms with Crippen LogP contribution in [0, 0.1) is 11.8 Å². The molecular formula is C13H16BrClN2. The van der Waals surface area contributed by atoms with Crippen molar-refractivity contribution in [3.8, 4) is 11.8 Å². The fraction of sp³-hybridized carbons (Fsp3) is 0.385. The fourth-order valence-electron chi connectivity index (χ4n) is 1.54. The van der Waals surface area contributed by atoms with Gasteiger partial charge in [0.15, 0.2) is 0 Å². The Bertz CT molecular complexity index is 423. The minimum atomic E-state index is 0.0780. The Hall–Kier alpha value is -0.530. The van der Waals surface area contributed by atoms with Crippen LogP contribution in [-0.4, -0.2) is 13.1 Å². The molecule has 4 heteroatoms. The van der Waals surface area contributed by atoms with Crippen LogP contribution in [-0.2, 0) is 0 Å². The van der Waals surface area contributed by atoms with Crippen LogP contribution in [0.2, 0.25) is 5.02 Å². The normalized spacial score (nSPS) is 11.8. The van der Waals surface area contributed by atoms with E-state index in [-0.39, 0.29) is 6.04 Å². The third-order valence-electron chi connectivity index (χ3n) is 2.39. The molecule has 17 heavy (non-hydrogen) atoms. The topological polar surface area (TPSA) is 38.0 Å². The van der Waals surface area contributed by atoms with Crippen molar-refractivity contribution in [3.05, 3.63) is 33.3 Å². The summed E-state index contributed by atoms with van der Waals surface area (Å²) in [5.74, 6) is 5.87. The van der Waals surface area contributed by atoms with E-state index in [1.807, 2.05) is 25.1 Å². The largest absolute Gasteiger partial charge is 0.329 e. The SMILES string of the molecule is CC#CCCNC(CN)c1ccc(Br)cc1Cl. The van der Waals surface area contributed by atoms with Crippen molar-refractivity contribution in [1.82, 2.24) is 5.32 Å². The van der Waals surface area contributed by atoms with E-state index in [1.54, 1.807) is 0 Å². The van der Waals surface area contributed by atoms with Gasteiger partial charge in [-0.1, -0.05) is 33.6 Å². The van der Waals surface area contributed by atoms with Crippen molar-refractivity contribution in [2.45, 2.75) is 19.4 Å². The van der Waals surface area contributed by atoms with Gasteiger partial charge in [-0.3, -0.25) is 0 Å². The maximum absolute atomic E-state index is 6.19. The summed E-state index contributed by atoms with van der Waals surface area (Å²) in [7, 11) is 0. The first-order valence-corrected chi connectivity index (χ1v) is 6.64. The minimum Gasteiger partial charge on any atom is -0.329 e. The number of rotatable bonds is 5. The maximum atomic E-state index is 6.19. The summed E-state index contributed by atoms with van der Waals surface area (Å²) in [6, 6.07) is 5.92. The van der Waals surface area contributed by atoms with Crippen molar-refractivity contribution < 1.29 is 0 Å². The van der Waals surface area contributed by atoms with Crippen LogP contribution < -0.4 is 11.1 Å². The van der Waals surface area contributed by atoms with Crippen molar-refractivity contribution in [2.75, 3.05) is 13.1 Å². The third kappa shape index (κ3) is 4.69. The standard InChI is InChI=1S/C13H16BrClN2/c1-2-3-4-7-17-13(9-16)11-6-5-10(14)8-12(11)15/h5-6,8,13,17H,4,7,9,16H2,1H3. The molecule has 3 N–H and O–H groups in total. The van der Waals surface area contributed by atoms with Crippen LogP contribution in [0.15, 0.2) is 22.7 Å². The molecule has 0 saturated heterocycles. The van der Waals surface area contributed by atoms with Crippen LogP contribution in [0.4, 0.5) is 0 Å². The average molecular weight is 316 g/mol. The Balaban J connectivity index is 2.68. The molecule has 0 amide bonds. The molecule has 0 aliphatic rings. The van der Waals surface area contributed by atoms with Crippen LogP contribution in [0.5, 0.6) is 0 Å². The molecule has 0 aliphatic carbocycles. The monoisotopic (exact) mass is 314 g/mol. The van der Waals surface area contributed by atoms with Gasteiger partial charge in [-0.2, -0.15) is 0 Å². The molecule has 1 atom stereocenters. The van der Waals surface area contributed by atoms with Gasteiger partial charge in [-0.15, -0.1) is 11.8 Å². The van der Waals surface area contributed by atoms with Gasteiger partial charge in [0.2, 0.25) is 0 Å². The molecule has 2 nitrogen and oxygen atoms in total. The van der Waals surface area contributed by atoms with E-state index in [0.717, 1.165) is 28.0 Å². The first kappa shape index (κ1) is 14.5. The van der Waals surface area contributed by atoms with Crippen molar-refractivity contribution in [3.63, 3.8) is 0 Å². The Morgan fingerprint density at radius 3 is 2.88 bits per heavy atom. The van der Waals surface area contributed by atoms with Crippen LogP contribution >= 0.6 is 27.5 Å². The van der Waals surface area contributed by atoms with Crippen molar-refractivity contribution >= 4 is 27.5 Å². The van der Waals surface area contributed by atoms with E-state index in [2.05, 4.69) is 33.1 Å². The zero-order chi connectivity index (χ0) is 12.7. The van der Waals surface area contributed by atoms with E-state index < -0.39 is 0 Å². The Morgan fingerprint density at radius 1 is 1.53 bits per heavy atom. The van der Waals surface area contributed by atoms with Gasteiger partial charge in [-0.25, -0.2) is 0 Å². The molecule has 0 aromatic heterocycles. The lowest BCUT2D eigenvalue weighted by molar-refractivity contribution is 0.551. The van der Waals surface area contributed by atoms with Crippen molar-refractivity contribution in [2.24, 2.45) is 5.73 Å². The second-order valence-corrected chi connectivity index (χ2v) is 4.91. The van der Waals surface area contributed by atoms with Crippen molar-refractivity contribution in [1.29, 1.82) is 0 Å². The van der Waals surface area contributed by atoms with Gasteiger partial charge in [0.1, 0.15) is 0 Å². The molecule has 1 aromatic carbocycles. The summed E-state index contributed by atoms with van der Waals surface area (Å²) in [5.41, 5.74) is 6.79. The number of nitrogens with one attached hydrogen (secondary N) is 1. The Kier molecular flexibility index (Phi) is 6.61. The predicted octanol–water partition coefficient (Wildman–Crippen LogP) is 3.11. The lowest BCUT2D eigenvalue weighted by atomic mass is 10.1. The quantitative estimate of drug-likeness (QED) is 0.647. The molecule has 0 radical (unpaired) electrons. The summed E-state index contributed by atoms with van der Waals surface area (Å²) in [6.07, 6.45) is 0.821. The van der Waals surface area contributed by atoms with Gasteiger partial charge in [0.25, 0.3) is 0 Å². The summed E-state index contributed by atoms with van der Waals surface area (Å²) in [6.45, 7) is 3.17. The van der Waals surface area contributed by atoms with Crippen LogP contribution in [0.3, 0.4) is 0 Å². The molecule has 0 heterocycles. The number of nitrogens with two attached hydrogens (primary N) is 1.